The molecule has 4 heterocycles. The third-order valence-electron chi connectivity index (χ3n) is 7.62. The topological polar surface area (TPSA) is 118 Å². The lowest BCUT2D eigenvalue weighted by Gasteiger charge is -2.42. The number of halogens is 3. The zero-order valence-corrected chi connectivity index (χ0v) is 19.6. The third-order valence-corrected chi connectivity index (χ3v) is 7.62. The summed E-state index contributed by atoms with van der Waals surface area (Å²) in [6.45, 7) is 3.52. The number of hydrogen-bond acceptors (Lipinski definition) is 6. The number of primary amides is 1. The molecule has 3 aliphatic rings. The Kier molecular flexibility index (Phi) is 5.63. The first-order valence-electron chi connectivity index (χ1n) is 11.6. The largest absolute Gasteiger partial charge is 0.503 e. The van der Waals surface area contributed by atoms with Crippen molar-refractivity contribution in [2.75, 3.05) is 6.54 Å². The number of benzene rings is 1. The normalized spacial score (nSPS) is 27.9. The highest BCUT2D eigenvalue weighted by Crippen LogP contribution is 2.49. The Hall–Kier alpha value is -3.38. The Bertz CT molecular complexity index is 1320. The summed E-state index contributed by atoms with van der Waals surface area (Å²) in [5.41, 5.74) is 2.24. The van der Waals surface area contributed by atoms with Gasteiger partial charge in [-0.1, -0.05) is 0 Å². The lowest BCUT2D eigenvalue weighted by atomic mass is 9.84. The summed E-state index contributed by atoms with van der Waals surface area (Å²) in [6, 6.07) is -0.0183. The fraction of sp³-hybridized carbons (Fsp3) is 0.458. The van der Waals surface area contributed by atoms with Gasteiger partial charge in [0.15, 0.2) is 11.4 Å². The second-order valence-corrected chi connectivity index (χ2v) is 9.83. The predicted molar refractivity (Wildman–Crippen MR) is 119 cm³/mol. The van der Waals surface area contributed by atoms with E-state index in [2.05, 4.69) is 0 Å². The molecule has 2 amide bonds. The number of hydroxylamine groups is 2. The molecule has 192 valence electrons. The number of aromatic nitrogens is 1. The van der Waals surface area contributed by atoms with E-state index in [1.54, 1.807) is 4.90 Å². The summed E-state index contributed by atoms with van der Waals surface area (Å²) >= 11 is 0. The summed E-state index contributed by atoms with van der Waals surface area (Å²) in [7, 11) is 0. The van der Waals surface area contributed by atoms with Crippen LogP contribution in [-0.2, 0) is 11.4 Å². The Morgan fingerprint density at radius 2 is 1.86 bits per heavy atom. The monoisotopic (exact) mass is 506 g/mol. The Morgan fingerprint density at radius 1 is 1.19 bits per heavy atom. The summed E-state index contributed by atoms with van der Waals surface area (Å²) in [5.74, 6) is -5.57. The molecule has 2 aromatic rings. The summed E-state index contributed by atoms with van der Waals surface area (Å²) in [5, 5.41) is 12.1. The maximum atomic E-state index is 14.4. The van der Waals surface area contributed by atoms with Crippen LogP contribution >= 0.6 is 0 Å². The van der Waals surface area contributed by atoms with Gasteiger partial charge < -0.3 is 20.3 Å². The average molecular weight is 506 g/mol. The van der Waals surface area contributed by atoms with Crippen molar-refractivity contribution in [3.8, 4) is 5.75 Å². The number of nitrogens with zero attached hydrogens (tertiary/aromatic N) is 3. The molecule has 1 spiro atoms. The van der Waals surface area contributed by atoms with Crippen LogP contribution in [0.4, 0.5) is 13.2 Å². The third kappa shape index (κ3) is 3.58. The van der Waals surface area contributed by atoms with Crippen LogP contribution in [0.25, 0.3) is 0 Å². The minimum atomic E-state index is -1.05. The molecular weight excluding hydrogens is 481 g/mol. The highest BCUT2D eigenvalue weighted by molar-refractivity contribution is 5.99. The van der Waals surface area contributed by atoms with E-state index >= 15 is 0 Å². The first-order valence-corrected chi connectivity index (χ1v) is 11.6. The zero-order chi connectivity index (χ0) is 26.1. The van der Waals surface area contributed by atoms with Crippen molar-refractivity contribution >= 4 is 11.8 Å². The Labute approximate surface area is 203 Å². The zero-order valence-electron chi connectivity index (χ0n) is 19.6. The number of hydrogen-bond donors (Lipinski definition) is 2. The molecule has 0 saturated carbocycles. The van der Waals surface area contributed by atoms with E-state index < -0.39 is 57.7 Å². The number of carbonyl (C=O) groups excluding carboxylic acids is 2. The Balaban J connectivity index is 1.60. The molecule has 0 aliphatic carbocycles. The standard InChI is InChI=1S/C24H25F3N4O5/c1-11-3-4-24(7-12(2)31(36-24)9-14-16(26)5-13(25)6-17(14)27)18-10-29(11)23(35)19-21(33)20(32)15(22(28)34)8-30(18)19/h5-6,8,11-12,18,33H,3-4,7,9-10H2,1-2H3,(H2,28,34)/t11-,12?,18+,24+/m0/s1. The van der Waals surface area contributed by atoms with E-state index in [9.17, 15) is 32.7 Å². The van der Waals surface area contributed by atoms with Crippen molar-refractivity contribution in [1.29, 1.82) is 0 Å². The summed E-state index contributed by atoms with van der Waals surface area (Å²) in [4.78, 5) is 45.6. The molecule has 1 unspecified atom stereocenters. The first-order chi connectivity index (χ1) is 16.9. The van der Waals surface area contributed by atoms with Crippen molar-refractivity contribution in [2.24, 2.45) is 5.73 Å². The minimum Gasteiger partial charge on any atom is -0.503 e. The average Bonchev–Trinajstić information content (AvgIpc) is 3.06. The van der Waals surface area contributed by atoms with Gasteiger partial charge in [0.2, 0.25) is 5.43 Å². The molecular formula is C24H25F3N4O5. The smallest absolute Gasteiger partial charge is 0.274 e. The molecule has 2 bridgehead atoms. The van der Waals surface area contributed by atoms with E-state index in [1.165, 1.54) is 15.8 Å². The van der Waals surface area contributed by atoms with Gasteiger partial charge in [0.25, 0.3) is 11.8 Å². The molecule has 1 aromatic heterocycles. The Morgan fingerprint density at radius 3 is 2.50 bits per heavy atom. The van der Waals surface area contributed by atoms with Crippen LogP contribution in [0.1, 0.15) is 65.6 Å². The number of aromatic hydroxyl groups is 1. The van der Waals surface area contributed by atoms with Gasteiger partial charge in [-0.3, -0.25) is 19.2 Å². The van der Waals surface area contributed by atoms with E-state index in [0.717, 1.165) is 0 Å². The van der Waals surface area contributed by atoms with Crippen LogP contribution in [0, 0.1) is 17.5 Å². The number of pyridine rings is 1. The molecule has 2 fully saturated rings. The van der Waals surface area contributed by atoms with E-state index in [0.29, 0.717) is 31.4 Å². The van der Waals surface area contributed by atoms with Crippen LogP contribution in [0.2, 0.25) is 0 Å². The van der Waals surface area contributed by atoms with Gasteiger partial charge in [-0.05, 0) is 33.1 Å². The van der Waals surface area contributed by atoms with Crippen LogP contribution < -0.4 is 11.2 Å². The second-order valence-electron chi connectivity index (χ2n) is 9.83. The molecule has 36 heavy (non-hydrogen) atoms. The number of amides is 2. The molecule has 1 aromatic carbocycles. The summed E-state index contributed by atoms with van der Waals surface area (Å²) < 4.78 is 43.5. The molecule has 12 heteroatoms. The molecule has 4 atom stereocenters. The van der Waals surface area contributed by atoms with E-state index in [-0.39, 0.29) is 36.4 Å². The quantitative estimate of drug-likeness (QED) is 0.659. The van der Waals surface area contributed by atoms with Crippen molar-refractivity contribution in [1.82, 2.24) is 14.5 Å². The van der Waals surface area contributed by atoms with Crippen molar-refractivity contribution in [3.63, 3.8) is 0 Å². The van der Waals surface area contributed by atoms with Crippen LogP contribution in [-0.4, -0.2) is 55.7 Å². The maximum Gasteiger partial charge on any atom is 0.274 e. The molecule has 3 N–H and O–H groups in total. The van der Waals surface area contributed by atoms with Gasteiger partial charge in [0.1, 0.15) is 28.6 Å². The molecule has 5 rings (SSSR count). The van der Waals surface area contributed by atoms with Gasteiger partial charge in [-0.2, -0.15) is 5.06 Å². The molecule has 0 radical (unpaired) electrons. The lowest BCUT2D eigenvalue weighted by molar-refractivity contribution is -0.226. The first kappa shape index (κ1) is 24.3. The van der Waals surface area contributed by atoms with Gasteiger partial charge in [0.05, 0.1) is 12.6 Å². The van der Waals surface area contributed by atoms with Gasteiger partial charge >= 0.3 is 0 Å². The van der Waals surface area contributed by atoms with Crippen molar-refractivity contribution in [2.45, 2.75) is 63.4 Å². The fourth-order valence-electron chi connectivity index (χ4n) is 5.70. The predicted octanol–water partition coefficient (Wildman–Crippen LogP) is 2.21. The van der Waals surface area contributed by atoms with Crippen LogP contribution in [0.5, 0.6) is 5.75 Å². The SMILES string of the molecule is CC1C[C@@]2(CC[C@H](C)N3C[C@H]2n2cc(C(N)=O)c(=O)c(O)c2C3=O)ON1Cc1c(F)cc(F)cc1F. The fourth-order valence-corrected chi connectivity index (χ4v) is 5.70. The number of nitrogens with two attached hydrogens (primary N) is 1. The van der Waals surface area contributed by atoms with Crippen LogP contribution in [0.3, 0.4) is 0 Å². The van der Waals surface area contributed by atoms with E-state index in [4.69, 9.17) is 10.6 Å². The van der Waals surface area contributed by atoms with Gasteiger partial charge in [0, 0.05) is 42.5 Å². The maximum absolute atomic E-state index is 14.4. The van der Waals surface area contributed by atoms with Crippen molar-refractivity contribution in [3.05, 3.63) is 62.8 Å². The van der Waals surface area contributed by atoms with Crippen LogP contribution in [0.15, 0.2) is 23.1 Å². The van der Waals surface area contributed by atoms with E-state index in [1.807, 2.05) is 13.8 Å². The highest BCUT2D eigenvalue weighted by Gasteiger charge is 2.55. The number of fused-ring (bicyclic) bond motifs is 5. The van der Waals surface area contributed by atoms with Gasteiger partial charge in [-0.25, -0.2) is 13.2 Å². The number of carbonyl (C=O) groups is 2. The molecule has 2 saturated heterocycles. The summed E-state index contributed by atoms with van der Waals surface area (Å²) in [6.07, 6.45) is 2.52. The highest BCUT2D eigenvalue weighted by atomic mass is 19.1. The van der Waals surface area contributed by atoms with Crippen molar-refractivity contribution < 1.29 is 32.7 Å². The minimum absolute atomic E-state index is 0.160. The molecule has 9 nitrogen and oxygen atoms in total. The second kappa shape index (κ2) is 8.34. The van der Waals surface area contributed by atoms with Gasteiger partial charge in [-0.15, -0.1) is 0 Å². The number of rotatable bonds is 3. The molecule has 3 aliphatic heterocycles. The lowest BCUT2D eigenvalue weighted by Crippen LogP contribution is -2.52.